The summed E-state index contributed by atoms with van der Waals surface area (Å²) < 4.78 is 0. The number of fused-ring (bicyclic) bond motifs is 1. The molecule has 0 aromatic heterocycles. The highest BCUT2D eigenvalue weighted by Crippen LogP contribution is 2.19. The molecule has 0 spiro atoms. The highest BCUT2D eigenvalue weighted by molar-refractivity contribution is 5.99. The molecule has 3 aromatic rings. The lowest BCUT2D eigenvalue weighted by atomic mass is 10.1. The first-order chi connectivity index (χ1) is 9.84. The molecule has 0 heterocycles. The molecule has 0 aliphatic carbocycles. The van der Waals surface area contributed by atoms with E-state index in [1.165, 1.54) is 21.9 Å². The molecule has 3 aromatic carbocycles. The Bertz CT molecular complexity index is 724. The Hall–Kier alpha value is -2.41. The summed E-state index contributed by atoms with van der Waals surface area (Å²) in [7, 11) is 0. The van der Waals surface area contributed by atoms with Gasteiger partial charge >= 0.3 is 0 Å². The zero-order valence-electron chi connectivity index (χ0n) is 11.5. The van der Waals surface area contributed by atoms with Crippen LogP contribution in [0.1, 0.15) is 24.1 Å². The Morgan fingerprint density at radius 3 is 2.35 bits per heavy atom. The highest BCUT2D eigenvalue weighted by Gasteiger charge is 2.02. The van der Waals surface area contributed by atoms with Gasteiger partial charge in [-0.2, -0.15) is 0 Å². The first-order valence-corrected chi connectivity index (χ1v) is 6.90. The standard InChI is InChI=1S/C19H17N/c1-15(16-8-3-2-4-9-16)20-14-18-12-7-11-17-10-5-6-13-19(17)18/h2-15H,1H3/t15-/m1/s1. The normalized spacial score (nSPS) is 12.8. The lowest BCUT2D eigenvalue weighted by molar-refractivity contribution is 0.825. The van der Waals surface area contributed by atoms with E-state index in [0.29, 0.717) is 0 Å². The van der Waals surface area contributed by atoms with Gasteiger partial charge < -0.3 is 0 Å². The summed E-state index contributed by atoms with van der Waals surface area (Å²) in [4.78, 5) is 4.69. The van der Waals surface area contributed by atoms with E-state index in [1.54, 1.807) is 0 Å². The third-order valence-electron chi connectivity index (χ3n) is 3.54. The summed E-state index contributed by atoms with van der Waals surface area (Å²) in [6.07, 6.45) is 1.99. The van der Waals surface area contributed by atoms with Crippen molar-refractivity contribution in [2.45, 2.75) is 13.0 Å². The van der Waals surface area contributed by atoms with Gasteiger partial charge in [0.05, 0.1) is 6.04 Å². The molecule has 1 nitrogen and oxygen atoms in total. The predicted octanol–water partition coefficient (Wildman–Crippen LogP) is 5.02. The summed E-state index contributed by atoms with van der Waals surface area (Å²) in [5, 5.41) is 2.50. The van der Waals surface area contributed by atoms with E-state index in [2.05, 4.69) is 78.6 Å². The molecule has 0 amide bonds. The summed E-state index contributed by atoms with van der Waals surface area (Å²) in [6, 6.07) is 25.3. The van der Waals surface area contributed by atoms with Crippen LogP contribution in [0.4, 0.5) is 0 Å². The Morgan fingerprint density at radius 2 is 1.50 bits per heavy atom. The Kier molecular flexibility index (Phi) is 3.60. The van der Waals surface area contributed by atoms with Crippen molar-refractivity contribution in [3.63, 3.8) is 0 Å². The number of hydrogen-bond acceptors (Lipinski definition) is 1. The molecule has 0 radical (unpaired) electrons. The van der Waals surface area contributed by atoms with Crippen molar-refractivity contribution < 1.29 is 0 Å². The van der Waals surface area contributed by atoms with Gasteiger partial charge in [-0.15, -0.1) is 0 Å². The number of benzene rings is 3. The SMILES string of the molecule is C[C@@H](N=Cc1cccc2ccccc12)c1ccccc1. The molecule has 1 atom stereocenters. The minimum atomic E-state index is 0.176. The molecule has 0 aliphatic rings. The van der Waals surface area contributed by atoms with Crippen molar-refractivity contribution in [2.24, 2.45) is 4.99 Å². The van der Waals surface area contributed by atoms with Crippen LogP contribution in [0.5, 0.6) is 0 Å². The predicted molar refractivity (Wildman–Crippen MR) is 86.4 cm³/mol. The quantitative estimate of drug-likeness (QED) is 0.586. The largest absolute Gasteiger partial charge is 0.285 e. The van der Waals surface area contributed by atoms with E-state index in [4.69, 9.17) is 0 Å². The first-order valence-electron chi connectivity index (χ1n) is 6.90. The molecule has 3 rings (SSSR count). The Morgan fingerprint density at radius 1 is 0.800 bits per heavy atom. The molecule has 1 heteroatoms. The molecule has 0 aliphatic heterocycles. The number of aliphatic imine (C=N–C) groups is 1. The fraction of sp³-hybridized carbons (Fsp3) is 0.105. The average molecular weight is 259 g/mol. The molecule has 0 N–H and O–H groups in total. The maximum absolute atomic E-state index is 4.69. The minimum absolute atomic E-state index is 0.176. The van der Waals surface area contributed by atoms with Gasteiger partial charge in [0.25, 0.3) is 0 Å². The third kappa shape index (κ3) is 2.62. The molecule has 0 fully saturated rings. The molecular weight excluding hydrogens is 242 g/mol. The van der Waals surface area contributed by atoms with Crippen LogP contribution in [-0.4, -0.2) is 6.21 Å². The maximum atomic E-state index is 4.69. The van der Waals surface area contributed by atoms with Crippen LogP contribution < -0.4 is 0 Å². The van der Waals surface area contributed by atoms with Crippen LogP contribution in [0.3, 0.4) is 0 Å². The Balaban J connectivity index is 1.91. The van der Waals surface area contributed by atoms with Crippen molar-refractivity contribution in [2.75, 3.05) is 0 Å². The summed E-state index contributed by atoms with van der Waals surface area (Å²) in [5.74, 6) is 0. The van der Waals surface area contributed by atoms with E-state index in [0.717, 1.165) is 0 Å². The average Bonchev–Trinajstić information content (AvgIpc) is 2.53. The van der Waals surface area contributed by atoms with Gasteiger partial charge in [-0.3, -0.25) is 4.99 Å². The topological polar surface area (TPSA) is 12.4 Å². The first kappa shape index (κ1) is 12.6. The van der Waals surface area contributed by atoms with Crippen LogP contribution >= 0.6 is 0 Å². The lowest BCUT2D eigenvalue weighted by Crippen LogP contribution is -1.91. The molecule has 0 bridgehead atoms. The second-order valence-electron chi connectivity index (χ2n) is 4.93. The van der Waals surface area contributed by atoms with E-state index >= 15 is 0 Å². The monoisotopic (exact) mass is 259 g/mol. The van der Waals surface area contributed by atoms with E-state index in [9.17, 15) is 0 Å². The van der Waals surface area contributed by atoms with Gasteiger partial charge in [0, 0.05) is 11.8 Å². The summed E-state index contributed by atoms with van der Waals surface area (Å²) >= 11 is 0. The second-order valence-corrected chi connectivity index (χ2v) is 4.93. The fourth-order valence-electron chi connectivity index (χ4n) is 2.37. The van der Waals surface area contributed by atoms with E-state index in [-0.39, 0.29) is 6.04 Å². The lowest BCUT2D eigenvalue weighted by Gasteiger charge is -2.06. The molecule has 98 valence electrons. The van der Waals surface area contributed by atoms with E-state index < -0.39 is 0 Å². The Labute approximate surface area is 119 Å². The maximum Gasteiger partial charge on any atom is 0.0721 e. The van der Waals surface area contributed by atoms with Gasteiger partial charge in [-0.05, 0) is 23.3 Å². The van der Waals surface area contributed by atoms with Gasteiger partial charge in [-0.1, -0.05) is 72.8 Å². The summed E-state index contributed by atoms with van der Waals surface area (Å²) in [6.45, 7) is 2.12. The number of rotatable bonds is 3. The van der Waals surface area contributed by atoms with Gasteiger partial charge in [0.15, 0.2) is 0 Å². The fourth-order valence-corrected chi connectivity index (χ4v) is 2.37. The highest BCUT2D eigenvalue weighted by atomic mass is 14.8. The molecule has 0 saturated heterocycles. The summed E-state index contributed by atoms with van der Waals surface area (Å²) in [5.41, 5.74) is 2.41. The van der Waals surface area contributed by atoms with Crippen LogP contribution in [0.2, 0.25) is 0 Å². The van der Waals surface area contributed by atoms with Crippen molar-refractivity contribution in [3.8, 4) is 0 Å². The van der Waals surface area contributed by atoms with Crippen LogP contribution in [0, 0.1) is 0 Å². The minimum Gasteiger partial charge on any atom is -0.285 e. The zero-order valence-corrected chi connectivity index (χ0v) is 11.5. The van der Waals surface area contributed by atoms with Crippen molar-refractivity contribution in [1.29, 1.82) is 0 Å². The second kappa shape index (κ2) is 5.70. The molecule has 0 saturated carbocycles. The third-order valence-corrected chi connectivity index (χ3v) is 3.54. The zero-order chi connectivity index (χ0) is 13.8. The van der Waals surface area contributed by atoms with Gasteiger partial charge in [0.1, 0.15) is 0 Å². The van der Waals surface area contributed by atoms with Gasteiger partial charge in [-0.25, -0.2) is 0 Å². The number of nitrogens with zero attached hydrogens (tertiary/aromatic N) is 1. The van der Waals surface area contributed by atoms with E-state index in [1.807, 2.05) is 12.3 Å². The van der Waals surface area contributed by atoms with Crippen LogP contribution in [0.25, 0.3) is 10.8 Å². The molecular formula is C19H17N. The smallest absolute Gasteiger partial charge is 0.0721 e. The molecule has 0 unspecified atom stereocenters. The number of hydrogen-bond donors (Lipinski definition) is 0. The van der Waals surface area contributed by atoms with Crippen LogP contribution in [-0.2, 0) is 0 Å². The van der Waals surface area contributed by atoms with Crippen LogP contribution in [0.15, 0.2) is 77.8 Å². The van der Waals surface area contributed by atoms with Crippen molar-refractivity contribution in [3.05, 3.63) is 83.9 Å². The van der Waals surface area contributed by atoms with Crippen molar-refractivity contribution in [1.82, 2.24) is 0 Å². The van der Waals surface area contributed by atoms with Crippen molar-refractivity contribution >= 4 is 17.0 Å². The van der Waals surface area contributed by atoms with Gasteiger partial charge in [0.2, 0.25) is 0 Å². The molecule has 20 heavy (non-hydrogen) atoms.